The van der Waals surface area contributed by atoms with Gasteiger partial charge in [0, 0.05) is 32.0 Å². The average molecular weight is 244 g/mol. The third-order valence-corrected chi connectivity index (χ3v) is 2.80. The highest BCUT2D eigenvalue weighted by molar-refractivity contribution is 5.58. The van der Waals surface area contributed by atoms with Crippen molar-refractivity contribution in [1.82, 2.24) is 0 Å². The SMILES string of the molecule is COCOC[C@H]1[C@H](C=O)C=C[C@@H]1COCOC. The van der Waals surface area contributed by atoms with Crippen LogP contribution < -0.4 is 0 Å². The molecule has 0 spiro atoms. The van der Waals surface area contributed by atoms with E-state index < -0.39 is 0 Å². The van der Waals surface area contributed by atoms with Gasteiger partial charge in [0.15, 0.2) is 0 Å². The molecule has 0 N–H and O–H groups in total. The van der Waals surface area contributed by atoms with E-state index >= 15 is 0 Å². The van der Waals surface area contributed by atoms with Gasteiger partial charge in [-0.1, -0.05) is 12.2 Å². The first-order valence-corrected chi connectivity index (χ1v) is 5.60. The number of hydrogen-bond donors (Lipinski definition) is 0. The van der Waals surface area contributed by atoms with Crippen molar-refractivity contribution in [2.75, 3.05) is 41.0 Å². The highest BCUT2D eigenvalue weighted by Crippen LogP contribution is 2.30. The molecule has 1 rings (SSSR count). The molecule has 5 nitrogen and oxygen atoms in total. The fraction of sp³-hybridized carbons (Fsp3) is 0.750. The van der Waals surface area contributed by atoms with Gasteiger partial charge >= 0.3 is 0 Å². The molecule has 0 bridgehead atoms. The first-order chi connectivity index (χ1) is 8.33. The summed E-state index contributed by atoms with van der Waals surface area (Å²) >= 11 is 0. The lowest BCUT2D eigenvalue weighted by molar-refractivity contribution is -0.114. The normalized spacial score (nSPS) is 27.5. The van der Waals surface area contributed by atoms with Gasteiger partial charge in [0.05, 0.1) is 13.2 Å². The van der Waals surface area contributed by atoms with Gasteiger partial charge in [0.2, 0.25) is 0 Å². The lowest BCUT2D eigenvalue weighted by Gasteiger charge is -2.22. The van der Waals surface area contributed by atoms with Gasteiger partial charge in [-0.25, -0.2) is 0 Å². The second-order valence-corrected chi connectivity index (χ2v) is 3.98. The minimum absolute atomic E-state index is 0.0944. The molecular formula is C12H20O5. The van der Waals surface area contributed by atoms with Crippen LogP contribution in [0.15, 0.2) is 12.2 Å². The van der Waals surface area contributed by atoms with Crippen LogP contribution in [0.4, 0.5) is 0 Å². The van der Waals surface area contributed by atoms with Crippen molar-refractivity contribution in [3.05, 3.63) is 12.2 Å². The van der Waals surface area contributed by atoms with E-state index in [1.807, 2.05) is 12.2 Å². The Bertz CT molecular complexity index is 241. The first-order valence-electron chi connectivity index (χ1n) is 5.60. The van der Waals surface area contributed by atoms with Crippen LogP contribution >= 0.6 is 0 Å². The first kappa shape index (κ1) is 14.3. The molecule has 0 aromatic rings. The summed E-state index contributed by atoms with van der Waals surface area (Å²) in [5.74, 6) is 0.222. The zero-order valence-corrected chi connectivity index (χ0v) is 10.3. The molecule has 0 aliphatic heterocycles. The monoisotopic (exact) mass is 244 g/mol. The maximum absolute atomic E-state index is 10.9. The molecule has 0 fully saturated rings. The molecule has 17 heavy (non-hydrogen) atoms. The number of allylic oxidation sites excluding steroid dienone is 1. The van der Waals surface area contributed by atoms with Gasteiger partial charge < -0.3 is 23.7 Å². The van der Waals surface area contributed by atoms with Crippen molar-refractivity contribution in [2.45, 2.75) is 0 Å². The molecule has 0 saturated carbocycles. The lowest BCUT2D eigenvalue weighted by atomic mass is 9.90. The fourth-order valence-corrected chi connectivity index (χ4v) is 1.94. The number of hydrogen-bond acceptors (Lipinski definition) is 5. The van der Waals surface area contributed by atoms with E-state index in [1.54, 1.807) is 14.2 Å². The van der Waals surface area contributed by atoms with Crippen LogP contribution in [0.5, 0.6) is 0 Å². The molecule has 3 atom stereocenters. The topological polar surface area (TPSA) is 54.0 Å². The van der Waals surface area contributed by atoms with Crippen LogP contribution in [-0.4, -0.2) is 47.3 Å². The van der Waals surface area contributed by atoms with Crippen molar-refractivity contribution in [2.24, 2.45) is 17.8 Å². The summed E-state index contributed by atoms with van der Waals surface area (Å²) in [5.41, 5.74) is 0. The average Bonchev–Trinajstić information content (AvgIpc) is 2.73. The summed E-state index contributed by atoms with van der Waals surface area (Å²) in [6.07, 6.45) is 4.87. The highest BCUT2D eigenvalue weighted by atomic mass is 16.7. The van der Waals surface area contributed by atoms with Crippen molar-refractivity contribution in [1.29, 1.82) is 0 Å². The number of aldehydes is 1. The number of carbonyl (C=O) groups excluding carboxylic acids is 1. The minimum Gasteiger partial charge on any atom is -0.359 e. The third kappa shape index (κ3) is 4.55. The summed E-state index contributed by atoms with van der Waals surface area (Å²) in [6.45, 7) is 1.54. The molecule has 0 radical (unpaired) electrons. The van der Waals surface area contributed by atoms with Gasteiger partial charge in [0.25, 0.3) is 0 Å². The van der Waals surface area contributed by atoms with E-state index in [0.717, 1.165) is 6.29 Å². The molecule has 0 aromatic carbocycles. The highest BCUT2D eigenvalue weighted by Gasteiger charge is 2.31. The van der Waals surface area contributed by atoms with Gasteiger partial charge in [-0.2, -0.15) is 0 Å². The zero-order chi connectivity index (χ0) is 12.5. The maximum Gasteiger partial charge on any atom is 0.146 e. The van der Waals surface area contributed by atoms with Gasteiger partial charge in [-0.05, 0) is 0 Å². The smallest absolute Gasteiger partial charge is 0.146 e. The molecule has 0 aromatic heterocycles. The standard InChI is InChI=1S/C12H20O5/c1-14-8-16-6-11-4-3-10(5-13)12(11)7-17-9-15-2/h3-5,10-12H,6-9H2,1-2H3/t10-,11+,12-/m0/s1. The lowest BCUT2D eigenvalue weighted by Crippen LogP contribution is -2.26. The Labute approximate surface area is 102 Å². The third-order valence-electron chi connectivity index (χ3n) is 2.80. The van der Waals surface area contributed by atoms with Crippen LogP contribution in [0.25, 0.3) is 0 Å². The van der Waals surface area contributed by atoms with E-state index in [1.165, 1.54) is 0 Å². The molecule has 5 heteroatoms. The predicted octanol–water partition coefficient (Wildman–Crippen LogP) is 0.845. The molecule has 98 valence electrons. The second-order valence-electron chi connectivity index (χ2n) is 3.98. The Morgan fingerprint density at radius 1 is 1.06 bits per heavy atom. The van der Waals surface area contributed by atoms with Crippen molar-refractivity contribution in [3.8, 4) is 0 Å². The van der Waals surface area contributed by atoms with Crippen molar-refractivity contribution < 1.29 is 23.7 Å². The van der Waals surface area contributed by atoms with Crippen LogP contribution in [0, 0.1) is 17.8 Å². The summed E-state index contributed by atoms with van der Waals surface area (Å²) < 4.78 is 20.3. The summed E-state index contributed by atoms with van der Waals surface area (Å²) in [4.78, 5) is 10.9. The van der Waals surface area contributed by atoms with Gasteiger partial charge in [-0.3, -0.25) is 0 Å². The summed E-state index contributed by atoms with van der Waals surface area (Å²) in [6, 6.07) is 0. The zero-order valence-electron chi connectivity index (χ0n) is 10.3. The maximum atomic E-state index is 10.9. The van der Waals surface area contributed by atoms with Gasteiger partial charge in [0.1, 0.15) is 19.9 Å². The van der Waals surface area contributed by atoms with Crippen molar-refractivity contribution >= 4 is 6.29 Å². The number of rotatable bonds is 9. The summed E-state index contributed by atoms with van der Waals surface area (Å²) in [5, 5.41) is 0. The molecule has 1 aliphatic carbocycles. The number of methoxy groups -OCH3 is 2. The molecule has 1 aliphatic rings. The molecule has 0 unspecified atom stereocenters. The molecule has 0 heterocycles. The van der Waals surface area contributed by atoms with Crippen LogP contribution in [0.3, 0.4) is 0 Å². The summed E-state index contributed by atoms with van der Waals surface area (Å²) in [7, 11) is 3.15. The molecule has 0 saturated heterocycles. The van der Waals surface area contributed by atoms with Crippen molar-refractivity contribution in [3.63, 3.8) is 0 Å². The van der Waals surface area contributed by atoms with E-state index in [9.17, 15) is 4.79 Å². The second kappa shape index (κ2) is 8.36. The molecular weight excluding hydrogens is 224 g/mol. The number of carbonyl (C=O) groups is 1. The van der Waals surface area contributed by atoms with Crippen LogP contribution in [-0.2, 0) is 23.7 Å². The van der Waals surface area contributed by atoms with Gasteiger partial charge in [-0.15, -0.1) is 0 Å². The Kier molecular flexibility index (Phi) is 7.04. The fourth-order valence-electron chi connectivity index (χ4n) is 1.94. The van der Waals surface area contributed by atoms with Crippen LogP contribution in [0.2, 0.25) is 0 Å². The van der Waals surface area contributed by atoms with E-state index in [4.69, 9.17) is 18.9 Å². The van der Waals surface area contributed by atoms with E-state index in [2.05, 4.69) is 0 Å². The van der Waals surface area contributed by atoms with E-state index in [-0.39, 0.29) is 31.3 Å². The van der Waals surface area contributed by atoms with Crippen LogP contribution in [0.1, 0.15) is 0 Å². The number of ether oxygens (including phenoxy) is 4. The molecule has 0 amide bonds. The van der Waals surface area contributed by atoms with E-state index in [0.29, 0.717) is 13.2 Å². The predicted molar refractivity (Wildman–Crippen MR) is 61.3 cm³/mol. The minimum atomic E-state index is -0.0944. The quantitative estimate of drug-likeness (QED) is 0.260. The Morgan fingerprint density at radius 2 is 1.71 bits per heavy atom. The Hall–Kier alpha value is -0.750. The largest absolute Gasteiger partial charge is 0.359 e. The Morgan fingerprint density at radius 3 is 2.29 bits per heavy atom. The Balaban J connectivity index is 2.38.